The van der Waals surface area contributed by atoms with Gasteiger partial charge in [-0.25, -0.2) is 0 Å². The van der Waals surface area contributed by atoms with Gasteiger partial charge in [0.15, 0.2) is 5.37 Å². The van der Waals surface area contributed by atoms with Crippen LogP contribution in [0.15, 0.2) is 46.2 Å². The van der Waals surface area contributed by atoms with E-state index in [1.54, 1.807) is 23.6 Å². The van der Waals surface area contributed by atoms with Gasteiger partial charge in [-0.05, 0) is 49.6 Å². The molecule has 1 atom stereocenters. The van der Waals surface area contributed by atoms with Gasteiger partial charge in [-0.15, -0.1) is 0 Å². The summed E-state index contributed by atoms with van der Waals surface area (Å²) in [5.41, 5.74) is 3.82. The molecule has 1 heterocycles. The average Bonchev–Trinajstić information content (AvgIpc) is 2.45. The van der Waals surface area contributed by atoms with Crippen molar-refractivity contribution in [3.8, 4) is 0 Å². The molecule has 0 spiro atoms. The number of aryl methyl sites for hydroxylation is 2. The first-order valence-corrected chi connectivity index (χ1v) is 9.78. The van der Waals surface area contributed by atoms with Crippen molar-refractivity contribution in [2.24, 2.45) is 0 Å². The van der Waals surface area contributed by atoms with Crippen molar-refractivity contribution in [3.63, 3.8) is 0 Å². The molecule has 0 fully saturated rings. The fourth-order valence-corrected chi connectivity index (χ4v) is 5.28. The second-order valence-corrected chi connectivity index (χ2v) is 8.40. The van der Waals surface area contributed by atoms with E-state index in [0.717, 1.165) is 32.3 Å². The molecule has 1 N–H and O–H groups in total. The van der Waals surface area contributed by atoms with Crippen LogP contribution in [0.4, 0.5) is 11.4 Å². The van der Waals surface area contributed by atoms with Crippen LogP contribution in [0.1, 0.15) is 24.5 Å². The van der Waals surface area contributed by atoms with Crippen LogP contribution in [0.25, 0.3) is 0 Å². The smallest absolute Gasteiger partial charge is 0.286 e. The Morgan fingerprint density at radius 3 is 2.52 bits per heavy atom. The predicted octanol–water partition coefficient (Wildman–Crippen LogP) is 4.53. The maximum atomic E-state index is 12.0. The molecule has 0 radical (unpaired) electrons. The van der Waals surface area contributed by atoms with E-state index in [4.69, 9.17) is 0 Å². The number of hydrogen-bond acceptors (Lipinski definition) is 4. The maximum absolute atomic E-state index is 12.0. The molecule has 0 aliphatic carbocycles. The summed E-state index contributed by atoms with van der Waals surface area (Å²) in [6, 6.07) is 11.8. The summed E-state index contributed by atoms with van der Waals surface area (Å²) >= 11 is 1.63. The monoisotopic (exact) mass is 349 g/mol. The number of fused-ring (bicyclic) bond motifs is 2. The van der Waals surface area contributed by atoms with Gasteiger partial charge in [0, 0.05) is 9.79 Å². The van der Waals surface area contributed by atoms with Crippen molar-refractivity contribution in [1.29, 1.82) is 0 Å². The van der Waals surface area contributed by atoms with Crippen molar-refractivity contribution < 1.29 is 13.0 Å². The van der Waals surface area contributed by atoms with Crippen LogP contribution < -0.4 is 4.90 Å². The third-order valence-electron chi connectivity index (χ3n) is 3.98. The molecule has 23 heavy (non-hydrogen) atoms. The maximum Gasteiger partial charge on any atom is 0.286 e. The van der Waals surface area contributed by atoms with E-state index in [-0.39, 0.29) is 0 Å². The molecule has 1 aliphatic heterocycles. The molecule has 4 nitrogen and oxygen atoms in total. The number of anilines is 2. The zero-order valence-corrected chi connectivity index (χ0v) is 14.9. The summed E-state index contributed by atoms with van der Waals surface area (Å²) in [7, 11) is -4.21. The number of rotatable bonds is 3. The minimum Gasteiger partial charge on any atom is -0.319 e. The van der Waals surface area contributed by atoms with E-state index in [9.17, 15) is 13.0 Å². The van der Waals surface area contributed by atoms with Crippen LogP contribution in [0.2, 0.25) is 0 Å². The third-order valence-corrected chi connectivity index (χ3v) is 6.30. The minimum atomic E-state index is -4.21. The first-order chi connectivity index (χ1) is 10.8. The zero-order valence-electron chi connectivity index (χ0n) is 13.3. The highest BCUT2D eigenvalue weighted by atomic mass is 32.2. The predicted molar refractivity (Wildman–Crippen MR) is 94.2 cm³/mol. The Labute approximate surface area is 141 Å². The summed E-state index contributed by atoms with van der Waals surface area (Å²) in [4.78, 5) is 3.78. The van der Waals surface area contributed by atoms with Crippen LogP contribution in [-0.4, -0.2) is 18.3 Å². The van der Waals surface area contributed by atoms with E-state index < -0.39 is 15.5 Å². The lowest BCUT2D eigenvalue weighted by atomic mass is 10.1. The SMILES string of the molecule is CCC(N1c2ccccc2Sc2cc(C)cc(C)c21)S(=O)(=O)O. The topological polar surface area (TPSA) is 57.6 Å². The van der Waals surface area contributed by atoms with Gasteiger partial charge in [0.2, 0.25) is 0 Å². The van der Waals surface area contributed by atoms with Crippen molar-refractivity contribution >= 4 is 33.3 Å². The molecule has 1 unspecified atom stereocenters. The fraction of sp³-hybridized carbons (Fsp3) is 0.294. The molecule has 122 valence electrons. The van der Waals surface area contributed by atoms with Crippen LogP contribution in [0, 0.1) is 13.8 Å². The van der Waals surface area contributed by atoms with Crippen molar-refractivity contribution in [2.75, 3.05) is 4.90 Å². The second kappa shape index (κ2) is 5.85. The van der Waals surface area contributed by atoms with E-state index in [0.29, 0.717) is 6.42 Å². The number of hydrogen-bond donors (Lipinski definition) is 1. The second-order valence-electron chi connectivity index (χ2n) is 5.75. The van der Waals surface area contributed by atoms with Gasteiger partial charge in [-0.1, -0.05) is 36.9 Å². The molecule has 2 aromatic carbocycles. The summed E-state index contributed by atoms with van der Waals surface area (Å²) in [5.74, 6) is 0. The molecule has 2 aromatic rings. The first kappa shape index (κ1) is 16.4. The highest BCUT2D eigenvalue weighted by Crippen LogP contribution is 2.51. The highest BCUT2D eigenvalue weighted by Gasteiger charge is 2.35. The first-order valence-electron chi connectivity index (χ1n) is 7.46. The van der Waals surface area contributed by atoms with Gasteiger partial charge in [0.05, 0.1) is 11.4 Å². The van der Waals surface area contributed by atoms with Gasteiger partial charge >= 0.3 is 0 Å². The van der Waals surface area contributed by atoms with Crippen molar-refractivity contribution in [1.82, 2.24) is 0 Å². The summed E-state index contributed by atoms with van der Waals surface area (Å²) in [5, 5.41) is -0.996. The van der Waals surface area contributed by atoms with E-state index in [2.05, 4.69) is 6.07 Å². The van der Waals surface area contributed by atoms with Gasteiger partial charge in [0.25, 0.3) is 10.1 Å². The molecular weight excluding hydrogens is 330 g/mol. The minimum absolute atomic E-state index is 0.296. The van der Waals surface area contributed by atoms with Crippen molar-refractivity contribution in [3.05, 3.63) is 47.5 Å². The Morgan fingerprint density at radius 2 is 1.87 bits per heavy atom. The molecule has 1 aliphatic rings. The lowest BCUT2D eigenvalue weighted by molar-refractivity contribution is 0.464. The molecule has 3 rings (SSSR count). The van der Waals surface area contributed by atoms with E-state index in [1.807, 2.05) is 44.2 Å². The van der Waals surface area contributed by atoms with Crippen LogP contribution in [0.5, 0.6) is 0 Å². The highest BCUT2D eigenvalue weighted by molar-refractivity contribution is 7.99. The Morgan fingerprint density at radius 1 is 1.17 bits per heavy atom. The quantitative estimate of drug-likeness (QED) is 0.825. The number of nitrogens with zero attached hydrogens (tertiary/aromatic N) is 1. The molecule has 0 saturated carbocycles. The Kier molecular flexibility index (Phi) is 4.16. The lowest BCUT2D eigenvalue weighted by Gasteiger charge is -2.38. The molecule has 0 bridgehead atoms. The number of benzene rings is 2. The van der Waals surface area contributed by atoms with Crippen LogP contribution in [0.3, 0.4) is 0 Å². The molecule has 0 aromatic heterocycles. The Bertz CT molecular complexity index is 862. The summed E-state index contributed by atoms with van der Waals surface area (Å²) in [6.45, 7) is 5.77. The third kappa shape index (κ3) is 2.86. The Balaban J connectivity index is 2.30. The van der Waals surface area contributed by atoms with Gasteiger partial charge < -0.3 is 4.90 Å². The average molecular weight is 349 g/mol. The van der Waals surface area contributed by atoms with Crippen molar-refractivity contribution in [2.45, 2.75) is 42.4 Å². The molecule has 6 heteroatoms. The Hall–Kier alpha value is -1.50. The van der Waals surface area contributed by atoms with Crippen LogP contribution in [-0.2, 0) is 10.1 Å². The van der Waals surface area contributed by atoms with E-state index in [1.165, 1.54) is 0 Å². The normalized spacial score (nSPS) is 15.0. The van der Waals surface area contributed by atoms with Crippen LogP contribution >= 0.6 is 11.8 Å². The lowest BCUT2D eigenvalue weighted by Crippen LogP contribution is -2.39. The molecule has 0 saturated heterocycles. The standard InChI is InChI=1S/C17H19NO3S2/c1-4-16(23(19,20)21)18-13-7-5-6-8-14(13)22-15-10-11(2)9-12(3)17(15)18/h5-10,16H,4H2,1-3H3,(H,19,20,21). The molecular formula is C17H19NO3S2. The fourth-order valence-electron chi connectivity index (χ4n) is 3.11. The largest absolute Gasteiger partial charge is 0.319 e. The summed E-state index contributed by atoms with van der Waals surface area (Å²) in [6.07, 6.45) is 0.296. The van der Waals surface area contributed by atoms with Gasteiger partial charge in [-0.3, -0.25) is 4.55 Å². The number of para-hydroxylation sites is 1. The molecule has 0 amide bonds. The van der Waals surface area contributed by atoms with E-state index >= 15 is 0 Å². The van der Waals surface area contributed by atoms with Gasteiger partial charge in [0.1, 0.15) is 0 Å². The summed E-state index contributed by atoms with van der Waals surface area (Å²) < 4.78 is 33.7. The zero-order chi connectivity index (χ0) is 16.8. The van der Waals surface area contributed by atoms with Gasteiger partial charge in [-0.2, -0.15) is 8.42 Å².